The molecule has 1 aromatic carbocycles. The van der Waals surface area contributed by atoms with Crippen LogP contribution in [0.4, 0.5) is 4.39 Å². The summed E-state index contributed by atoms with van der Waals surface area (Å²) < 4.78 is 12.9. The average molecular weight is 294 g/mol. The Labute approximate surface area is 127 Å². The topological polar surface area (TPSA) is 46.3 Å². The number of piperidine rings is 1. The highest BCUT2D eigenvalue weighted by atomic mass is 19.1. The molecule has 4 heteroatoms. The summed E-state index contributed by atoms with van der Waals surface area (Å²) in [4.78, 5) is 12.4. The number of carbonyl (C=O) groups is 1. The first kappa shape index (κ1) is 17.8. The molecule has 1 saturated heterocycles. The monoisotopic (exact) mass is 294 g/mol. The van der Waals surface area contributed by atoms with Crippen molar-refractivity contribution in [3.8, 4) is 0 Å². The summed E-state index contributed by atoms with van der Waals surface area (Å²) in [5.74, 6) is -0.177. The number of rotatable bonds is 5. The molecule has 2 rings (SSSR count). The fraction of sp³-hybridized carbons (Fsp3) is 0.588. The van der Waals surface area contributed by atoms with Gasteiger partial charge in [0.05, 0.1) is 0 Å². The van der Waals surface area contributed by atoms with Gasteiger partial charge in [0.25, 0.3) is 0 Å². The van der Waals surface area contributed by atoms with E-state index in [0.717, 1.165) is 19.3 Å². The van der Waals surface area contributed by atoms with Gasteiger partial charge in [-0.2, -0.15) is 0 Å². The highest BCUT2D eigenvalue weighted by Gasteiger charge is 2.15. The second-order valence-corrected chi connectivity index (χ2v) is 5.52. The zero-order valence-corrected chi connectivity index (χ0v) is 12.9. The standard InChI is InChI=1S/C10H11FO.C7H16N2/c11-10-7-2-1-5-9(10)6-3-4-8-12;1-9-5-3-2-4-7(9)6-8/h1-2,5,7-8H,3-4,6H2;7H,2-6,8H2,1H3. The van der Waals surface area contributed by atoms with Gasteiger partial charge < -0.3 is 15.4 Å². The third-order valence-corrected chi connectivity index (χ3v) is 3.92. The van der Waals surface area contributed by atoms with Crippen LogP contribution in [0.2, 0.25) is 0 Å². The molecular weight excluding hydrogens is 267 g/mol. The number of carbonyl (C=O) groups excluding carboxylic acids is 1. The van der Waals surface area contributed by atoms with Gasteiger partial charge in [-0.1, -0.05) is 24.6 Å². The van der Waals surface area contributed by atoms with Crippen LogP contribution in [0.25, 0.3) is 0 Å². The Hall–Kier alpha value is -1.26. The molecule has 1 aromatic rings. The van der Waals surface area contributed by atoms with Crippen molar-refractivity contribution in [3.05, 3.63) is 35.6 Å². The predicted octanol–water partition coefficient (Wildman–Crippen LogP) is 2.78. The van der Waals surface area contributed by atoms with Crippen molar-refractivity contribution in [3.63, 3.8) is 0 Å². The molecule has 1 aliphatic heterocycles. The number of hydrogen-bond donors (Lipinski definition) is 1. The zero-order chi connectivity index (χ0) is 15.5. The Morgan fingerprint density at radius 1 is 1.38 bits per heavy atom. The molecule has 0 aliphatic carbocycles. The quantitative estimate of drug-likeness (QED) is 0.671. The number of aldehydes is 1. The van der Waals surface area contributed by atoms with Crippen LogP contribution in [0, 0.1) is 5.82 Å². The third-order valence-electron chi connectivity index (χ3n) is 3.92. The number of hydrogen-bond acceptors (Lipinski definition) is 3. The molecule has 2 N–H and O–H groups in total. The Morgan fingerprint density at radius 2 is 2.14 bits per heavy atom. The molecular formula is C17H27FN2O. The SMILES string of the molecule is CN1CCCCC1CN.O=CCCCc1ccccc1F. The Morgan fingerprint density at radius 3 is 2.71 bits per heavy atom. The van der Waals surface area contributed by atoms with Crippen LogP contribution < -0.4 is 5.73 Å². The van der Waals surface area contributed by atoms with Crippen molar-refractivity contribution in [2.75, 3.05) is 20.1 Å². The van der Waals surface area contributed by atoms with Gasteiger partial charge in [-0.05, 0) is 50.9 Å². The molecule has 1 heterocycles. The smallest absolute Gasteiger partial charge is 0.126 e. The van der Waals surface area contributed by atoms with Gasteiger partial charge in [0, 0.05) is 19.0 Å². The molecule has 0 saturated carbocycles. The third kappa shape index (κ3) is 6.82. The Kier molecular flexibility index (Phi) is 8.87. The number of aryl methyl sites for hydroxylation is 1. The first-order valence-corrected chi connectivity index (χ1v) is 7.76. The van der Waals surface area contributed by atoms with Crippen LogP contribution in [0.1, 0.15) is 37.7 Å². The number of nitrogens with two attached hydrogens (primary N) is 1. The minimum Gasteiger partial charge on any atom is -0.329 e. The Bertz CT molecular complexity index is 412. The van der Waals surface area contributed by atoms with Crippen molar-refractivity contribution in [2.24, 2.45) is 5.73 Å². The maximum atomic E-state index is 12.9. The number of benzene rings is 1. The van der Waals surface area contributed by atoms with Crippen LogP contribution in [-0.2, 0) is 11.2 Å². The summed E-state index contributed by atoms with van der Waals surface area (Å²) in [7, 11) is 2.16. The van der Waals surface area contributed by atoms with Crippen molar-refractivity contribution in [2.45, 2.75) is 44.6 Å². The molecule has 1 atom stereocenters. The first-order chi connectivity index (χ1) is 10.2. The van der Waals surface area contributed by atoms with E-state index in [2.05, 4.69) is 11.9 Å². The van der Waals surface area contributed by atoms with Crippen molar-refractivity contribution in [1.29, 1.82) is 0 Å². The van der Waals surface area contributed by atoms with E-state index in [0.29, 0.717) is 24.4 Å². The van der Waals surface area contributed by atoms with Gasteiger partial charge in [0.1, 0.15) is 12.1 Å². The lowest BCUT2D eigenvalue weighted by molar-refractivity contribution is -0.107. The van der Waals surface area contributed by atoms with Crippen LogP contribution in [0.3, 0.4) is 0 Å². The lowest BCUT2D eigenvalue weighted by atomic mass is 10.0. The second kappa shape index (κ2) is 10.5. The molecule has 0 amide bonds. The lowest BCUT2D eigenvalue weighted by Gasteiger charge is -2.31. The number of likely N-dealkylation sites (N-methyl/N-ethyl adjacent to an activating group) is 1. The predicted molar refractivity (Wildman–Crippen MR) is 84.7 cm³/mol. The minimum atomic E-state index is -0.177. The second-order valence-electron chi connectivity index (χ2n) is 5.52. The molecule has 1 unspecified atom stereocenters. The van der Waals surface area contributed by atoms with E-state index in [1.807, 2.05) is 0 Å². The normalized spacial score (nSPS) is 18.7. The van der Waals surface area contributed by atoms with E-state index in [-0.39, 0.29) is 5.82 Å². The molecule has 0 radical (unpaired) electrons. The molecule has 0 bridgehead atoms. The van der Waals surface area contributed by atoms with Gasteiger partial charge in [-0.3, -0.25) is 0 Å². The number of nitrogens with zero attached hydrogens (tertiary/aromatic N) is 1. The largest absolute Gasteiger partial charge is 0.329 e. The maximum Gasteiger partial charge on any atom is 0.126 e. The zero-order valence-electron chi connectivity index (χ0n) is 12.9. The highest BCUT2D eigenvalue weighted by molar-refractivity contribution is 5.49. The Balaban J connectivity index is 0.000000219. The molecule has 1 aliphatic rings. The average Bonchev–Trinajstić information content (AvgIpc) is 2.51. The molecule has 21 heavy (non-hydrogen) atoms. The van der Waals surface area contributed by atoms with Crippen LogP contribution in [0.5, 0.6) is 0 Å². The van der Waals surface area contributed by atoms with E-state index in [9.17, 15) is 9.18 Å². The van der Waals surface area contributed by atoms with Crippen LogP contribution in [0.15, 0.2) is 24.3 Å². The lowest BCUT2D eigenvalue weighted by Crippen LogP contribution is -2.41. The van der Waals surface area contributed by atoms with Gasteiger partial charge in [-0.15, -0.1) is 0 Å². The van der Waals surface area contributed by atoms with Crippen molar-refractivity contribution < 1.29 is 9.18 Å². The van der Waals surface area contributed by atoms with E-state index < -0.39 is 0 Å². The van der Waals surface area contributed by atoms with Crippen LogP contribution >= 0.6 is 0 Å². The highest BCUT2D eigenvalue weighted by Crippen LogP contribution is 2.13. The summed E-state index contributed by atoms with van der Waals surface area (Å²) in [5.41, 5.74) is 6.25. The number of halogens is 1. The molecule has 118 valence electrons. The van der Waals surface area contributed by atoms with Crippen molar-refractivity contribution >= 4 is 6.29 Å². The van der Waals surface area contributed by atoms with Gasteiger partial charge in [-0.25, -0.2) is 4.39 Å². The molecule has 1 fully saturated rings. The molecule has 0 aromatic heterocycles. The van der Waals surface area contributed by atoms with E-state index in [1.165, 1.54) is 31.9 Å². The number of likely N-dealkylation sites (tertiary alicyclic amines) is 1. The minimum absolute atomic E-state index is 0.177. The van der Waals surface area contributed by atoms with Gasteiger partial charge in [0.15, 0.2) is 0 Å². The summed E-state index contributed by atoms with van der Waals surface area (Å²) in [6.07, 6.45) is 6.76. The van der Waals surface area contributed by atoms with E-state index in [1.54, 1.807) is 18.2 Å². The number of unbranched alkanes of at least 4 members (excludes halogenated alkanes) is 1. The fourth-order valence-electron chi connectivity index (χ4n) is 2.52. The van der Waals surface area contributed by atoms with Gasteiger partial charge in [0.2, 0.25) is 0 Å². The van der Waals surface area contributed by atoms with Gasteiger partial charge >= 0.3 is 0 Å². The van der Waals surface area contributed by atoms with E-state index >= 15 is 0 Å². The van der Waals surface area contributed by atoms with E-state index in [4.69, 9.17) is 5.73 Å². The van der Waals surface area contributed by atoms with Crippen LogP contribution in [-0.4, -0.2) is 37.4 Å². The fourth-order valence-corrected chi connectivity index (χ4v) is 2.52. The summed E-state index contributed by atoms with van der Waals surface area (Å²) in [6, 6.07) is 7.33. The molecule has 0 spiro atoms. The first-order valence-electron chi connectivity index (χ1n) is 7.76. The summed E-state index contributed by atoms with van der Waals surface area (Å²) in [5, 5.41) is 0. The van der Waals surface area contributed by atoms with Crippen molar-refractivity contribution in [1.82, 2.24) is 4.90 Å². The summed E-state index contributed by atoms with van der Waals surface area (Å²) in [6.45, 7) is 2.07. The molecule has 3 nitrogen and oxygen atoms in total. The summed E-state index contributed by atoms with van der Waals surface area (Å²) >= 11 is 0. The maximum absolute atomic E-state index is 12.9.